The van der Waals surface area contributed by atoms with Crippen LogP contribution < -0.4 is 4.73 Å². The number of pyridine rings is 1. The van der Waals surface area contributed by atoms with Crippen LogP contribution in [0.2, 0.25) is 18.1 Å². The summed E-state index contributed by atoms with van der Waals surface area (Å²) in [5, 5.41) is 12.1. The second-order valence-electron chi connectivity index (χ2n) is 15.3. The van der Waals surface area contributed by atoms with Gasteiger partial charge in [0, 0.05) is 48.7 Å². The Bertz CT molecular complexity index is 1390. The average molecular weight is 619 g/mol. The molecule has 1 saturated carbocycles. The van der Waals surface area contributed by atoms with Crippen LogP contribution in [0.25, 0.3) is 0 Å². The van der Waals surface area contributed by atoms with E-state index in [0.717, 1.165) is 65.9 Å². The Labute approximate surface area is 254 Å². The smallest absolute Gasteiger partial charge is 0.410 e. The predicted molar refractivity (Wildman–Crippen MR) is 160 cm³/mol. The van der Waals surface area contributed by atoms with E-state index in [1.54, 1.807) is 0 Å². The molecule has 236 valence electrons. The zero-order valence-electron chi connectivity index (χ0n) is 26.7. The van der Waals surface area contributed by atoms with Crippen molar-refractivity contribution in [1.82, 2.24) is 0 Å². The van der Waals surface area contributed by atoms with Crippen molar-refractivity contribution in [2.75, 3.05) is 13.2 Å². The molecule has 2 aliphatic heterocycles. The predicted octanol–water partition coefficient (Wildman–Crippen LogP) is 8.66. The fourth-order valence-electron chi connectivity index (χ4n) is 7.73. The van der Waals surface area contributed by atoms with Crippen LogP contribution in [0.5, 0.6) is 0 Å². The standard InChI is InChI=1S/C34H47F3NO4Si/c1-21(2)29-27-28(33(15-17-40-18-16-33)41-30(27)22-9-11-23(12-10-22)34(35,36)37)26-24(38(29)39)19-32(13-8-14-32)20-25(26)42-43(6,7)31(3,4)5/h9-12,21,25,30,39H,8,13-20H2,1-7H3/q+1. The molecule has 2 atom stereocenters. The van der Waals surface area contributed by atoms with E-state index in [0.29, 0.717) is 31.6 Å². The highest BCUT2D eigenvalue weighted by atomic mass is 28.4. The number of fused-ring (bicyclic) bond motifs is 4. The lowest BCUT2D eigenvalue weighted by atomic mass is 9.58. The third-order valence-corrected chi connectivity index (χ3v) is 15.7. The van der Waals surface area contributed by atoms with Crippen LogP contribution in [0.1, 0.15) is 130 Å². The van der Waals surface area contributed by atoms with E-state index >= 15 is 0 Å². The van der Waals surface area contributed by atoms with E-state index in [4.69, 9.17) is 13.9 Å². The van der Waals surface area contributed by atoms with Gasteiger partial charge in [0.1, 0.15) is 6.10 Å². The molecular weight excluding hydrogens is 571 g/mol. The van der Waals surface area contributed by atoms with Crippen molar-refractivity contribution in [1.29, 1.82) is 0 Å². The fraction of sp³-hybridized carbons (Fsp3) is 0.676. The molecule has 0 radical (unpaired) electrons. The molecule has 2 spiro atoms. The third-order valence-electron chi connectivity index (χ3n) is 11.2. The number of halogens is 3. The van der Waals surface area contributed by atoms with E-state index in [-0.39, 0.29) is 22.5 Å². The van der Waals surface area contributed by atoms with Crippen molar-refractivity contribution in [3.63, 3.8) is 0 Å². The Kier molecular flexibility index (Phi) is 7.43. The topological polar surface area (TPSA) is 51.8 Å². The van der Waals surface area contributed by atoms with Crippen LogP contribution in [0.4, 0.5) is 13.2 Å². The molecule has 1 aromatic carbocycles. The SMILES string of the molecule is CC(C)c1c2c(c3c([n+]1O)CC1(CCC1)CC3O[Si](C)(C)C(C)(C)C)C1(CCOCC1)OC2c1ccc(C(F)(F)F)cc1. The number of hydrogen-bond donors (Lipinski definition) is 1. The summed E-state index contributed by atoms with van der Waals surface area (Å²) in [7, 11) is -2.23. The third kappa shape index (κ3) is 5.06. The molecule has 1 saturated heterocycles. The first kappa shape index (κ1) is 31.1. The minimum Gasteiger partial charge on any atom is -0.410 e. The molecule has 5 nitrogen and oxygen atoms in total. The Morgan fingerprint density at radius 1 is 1.00 bits per heavy atom. The first-order chi connectivity index (χ1) is 20.0. The van der Waals surface area contributed by atoms with Crippen LogP contribution in [-0.4, -0.2) is 26.7 Å². The van der Waals surface area contributed by atoms with Gasteiger partial charge in [-0.1, -0.05) is 53.2 Å². The number of ether oxygens (including phenoxy) is 2. The molecule has 6 rings (SSSR count). The number of aromatic nitrogens is 1. The van der Waals surface area contributed by atoms with Crippen LogP contribution >= 0.6 is 0 Å². The van der Waals surface area contributed by atoms with Gasteiger partial charge in [-0.15, -0.1) is 0 Å². The molecule has 4 aliphatic rings. The second kappa shape index (κ2) is 10.3. The number of benzene rings is 1. The molecule has 43 heavy (non-hydrogen) atoms. The molecule has 2 aromatic rings. The number of rotatable bonds is 4. The molecule has 1 N–H and O–H groups in total. The van der Waals surface area contributed by atoms with Gasteiger partial charge in [0.2, 0.25) is 11.4 Å². The van der Waals surface area contributed by atoms with Crippen molar-refractivity contribution in [3.8, 4) is 0 Å². The summed E-state index contributed by atoms with van der Waals surface area (Å²) < 4.78 is 62.2. The molecule has 0 bridgehead atoms. The maximum absolute atomic E-state index is 13.5. The van der Waals surface area contributed by atoms with Gasteiger partial charge in [0.05, 0.1) is 28.4 Å². The summed E-state index contributed by atoms with van der Waals surface area (Å²) in [6.45, 7) is 16.6. The fourth-order valence-corrected chi connectivity index (χ4v) is 8.99. The summed E-state index contributed by atoms with van der Waals surface area (Å²) in [6, 6.07) is 5.34. The Hall–Kier alpha value is -1.94. The first-order valence-corrected chi connectivity index (χ1v) is 18.8. The van der Waals surface area contributed by atoms with E-state index in [2.05, 4.69) is 47.7 Å². The van der Waals surface area contributed by atoms with Gasteiger partial charge in [-0.25, -0.2) is 0 Å². The Morgan fingerprint density at radius 3 is 2.14 bits per heavy atom. The summed E-state index contributed by atoms with van der Waals surface area (Å²) in [5.74, 6) is -0.0429. The minimum absolute atomic E-state index is 0.00322. The molecule has 9 heteroatoms. The summed E-state index contributed by atoms with van der Waals surface area (Å²) in [6.07, 6.45) is 1.23. The van der Waals surface area contributed by atoms with Crippen LogP contribution in [0.3, 0.4) is 0 Å². The average Bonchev–Trinajstić information content (AvgIpc) is 3.20. The highest BCUT2D eigenvalue weighted by Gasteiger charge is 2.59. The van der Waals surface area contributed by atoms with Crippen molar-refractivity contribution < 1.29 is 37.0 Å². The van der Waals surface area contributed by atoms with Crippen molar-refractivity contribution in [2.24, 2.45) is 5.41 Å². The Morgan fingerprint density at radius 2 is 1.63 bits per heavy atom. The second-order valence-corrected chi connectivity index (χ2v) is 20.1. The van der Waals surface area contributed by atoms with Gasteiger partial charge in [0.15, 0.2) is 8.32 Å². The zero-order chi connectivity index (χ0) is 31.2. The normalized spacial score (nSPS) is 24.7. The molecule has 2 fully saturated rings. The van der Waals surface area contributed by atoms with E-state index in [1.807, 2.05) is 0 Å². The maximum Gasteiger partial charge on any atom is 0.416 e. The van der Waals surface area contributed by atoms with Gasteiger partial charge in [-0.3, -0.25) is 5.21 Å². The van der Waals surface area contributed by atoms with Crippen LogP contribution in [0, 0.1) is 5.41 Å². The van der Waals surface area contributed by atoms with Gasteiger partial charge in [0.25, 0.3) is 0 Å². The van der Waals surface area contributed by atoms with E-state index in [1.165, 1.54) is 23.3 Å². The number of alkyl halides is 3. The van der Waals surface area contributed by atoms with Gasteiger partial charge in [-0.2, -0.15) is 13.2 Å². The summed E-state index contributed by atoms with van der Waals surface area (Å²) in [5.41, 5.74) is 4.19. The van der Waals surface area contributed by atoms with Crippen molar-refractivity contribution in [2.45, 2.75) is 128 Å². The van der Waals surface area contributed by atoms with Gasteiger partial charge in [-0.05, 0) is 60.5 Å². The van der Waals surface area contributed by atoms with Gasteiger partial charge >= 0.3 is 6.18 Å². The molecule has 1 aromatic heterocycles. The van der Waals surface area contributed by atoms with E-state index in [9.17, 15) is 18.4 Å². The quantitative estimate of drug-likeness (QED) is 0.212. The number of hydrogen-bond acceptors (Lipinski definition) is 4. The summed E-state index contributed by atoms with van der Waals surface area (Å²) in [4.78, 5) is 0. The van der Waals surface area contributed by atoms with Crippen LogP contribution in [-0.2, 0) is 32.1 Å². The van der Waals surface area contributed by atoms with Gasteiger partial charge < -0.3 is 13.9 Å². The lowest BCUT2D eigenvalue weighted by molar-refractivity contribution is -0.916. The zero-order valence-corrected chi connectivity index (χ0v) is 27.7. The number of nitrogens with zero attached hydrogens (tertiary/aromatic N) is 1. The first-order valence-electron chi connectivity index (χ1n) is 15.9. The minimum atomic E-state index is -4.42. The molecule has 3 heterocycles. The molecule has 2 unspecified atom stereocenters. The monoisotopic (exact) mass is 618 g/mol. The summed E-state index contributed by atoms with van der Waals surface area (Å²) >= 11 is 0. The lowest BCUT2D eigenvalue weighted by Crippen LogP contribution is -2.52. The molecule has 2 aliphatic carbocycles. The van der Waals surface area contributed by atoms with Crippen molar-refractivity contribution in [3.05, 3.63) is 63.5 Å². The highest BCUT2D eigenvalue weighted by molar-refractivity contribution is 6.74. The maximum atomic E-state index is 13.5. The molecule has 0 amide bonds. The van der Waals surface area contributed by atoms with Crippen molar-refractivity contribution >= 4 is 8.32 Å². The lowest BCUT2D eigenvalue weighted by Gasteiger charge is -2.50. The molecular formula is C34H47F3NO4Si+. The van der Waals surface area contributed by atoms with E-state index < -0.39 is 31.8 Å². The van der Waals surface area contributed by atoms with Crippen LogP contribution in [0.15, 0.2) is 24.3 Å². The largest absolute Gasteiger partial charge is 0.416 e. The Balaban J connectivity index is 1.61. The highest BCUT2D eigenvalue weighted by Crippen LogP contribution is 2.61.